The zero-order chi connectivity index (χ0) is 15.3. The molecule has 0 radical (unpaired) electrons. The minimum atomic E-state index is -3.73. The summed E-state index contributed by atoms with van der Waals surface area (Å²) >= 11 is 0. The first-order valence-corrected chi connectivity index (χ1v) is 7.70. The largest absolute Gasteiger partial charge is 0.481 e. The van der Waals surface area contributed by atoms with Crippen LogP contribution in [0, 0.1) is 0 Å². The Balaban J connectivity index is 3.00. The second kappa shape index (κ2) is 6.83. The molecule has 0 saturated heterocycles. The van der Waals surface area contributed by atoms with Gasteiger partial charge < -0.3 is 5.11 Å². The molecule has 20 heavy (non-hydrogen) atoms. The smallest absolute Gasteiger partial charge is 0.305 e. The van der Waals surface area contributed by atoms with Gasteiger partial charge in [0.2, 0.25) is 0 Å². The van der Waals surface area contributed by atoms with E-state index in [0.717, 1.165) is 0 Å². The highest BCUT2D eigenvalue weighted by Gasteiger charge is 2.26. The third-order valence-corrected chi connectivity index (χ3v) is 4.74. The van der Waals surface area contributed by atoms with E-state index in [1.54, 1.807) is 44.2 Å². The van der Waals surface area contributed by atoms with Gasteiger partial charge in [-0.3, -0.25) is 4.79 Å². The predicted octanol–water partition coefficient (Wildman–Crippen LogP) is 1.38. The number of hydrogen-bond donors (Lipinski definition) is 2. The van der Waals surface area contributed by atoms with Gasteiger partial charge in [0, 0.05) is 13.1 Å². The molecule has 1 aromatic carbocycles. The third kappa shape index (κ3) is 4.59. The van der Waals surface area contributed by atoms with Gasteiger partial charge in [-0.15, -0.1) is 0 Å². The number of rotatable bonds is 7. The molecule has 0 amide bonds. The van der Waals surface area contributed by atoms with E-state index in [2.05, 4.69) is 4.72 Å². The fourth-order valence-corrected chi connectivity index (χ4v) is 2.93. The van der Waals surface area contributed by atoms with Crippen molar-refractivity contribution in [2.75, 3.05) is 7.05 Å². The lowest BCUT2D eigenvalue weighted by Gasteiger charge is -2.25. The van der Waals surface area contributed by atoms with Crippen LogP contribution in [0.2, 0.25) is 0 Å². The first kappa shape index (κ1) is 16.6. The molecule has 0 bridgehead atoms. The maximum Gasteiger partial charge on any atom is 0.305 e. The minimum Gasteiger partial charge on any atom is -0.481 e. The maximum absolute atomic E-state index is 12.2. The molecule has 0 saturated carbocycles. The summed E-state index contributed by atoms with van der Waals surface area (Å²) in [4.78, 5) is 10.9. The van der Waals surface area contributed by atoms with Gasteiger partial charge in [0.25, 0.3) is 10.2 Å². The Kier molecular flexibility index (Phi) is 5.67. The standard InChI is InChI=1S/C13H20N2O4S/c1-10(2)15(3)20(18,19)14-12(9-13(16)17)11-7-5-4-6-8-11/h4-8,10,12,14H,9H2,1-3H3,(H,16,17). The van der Waals surface area contributed by atoms with Crippen LogP contribution in [-0.2, 0) is 15.0 Å². The fourth-order valence-electron chi connectivity index (χ4n) is 1.63. The number of carboxylic acid groups (broad SMARTS) is 1. The second-order valence-corrected chi connectivity index (χ2v) is 6.56. The maximum atomic E-state index is 12.2. The Morgan fingerprint density at radius 1 is 1.30 bits per heavy atom. The van der Waals surface area contributed by atoms with Crippen molar-refractivity contribution in [2.24, 2.45) is 0 Å². The third-order valence-electron chi connectivity index (χ3n) is 2.98. The molecule has 1 unspecified atom stereocenters. The zero-order valence-corrected chi connectivity index (χ0v) is 12.6. The van der Waals surface area contributed by atoms with Crippen molar-refractivity contribution in [3.8, 4) is 0 Å². The summed E-state index contributed by atoms with van der Waals surface area (Å²) in [6.07, 6.45) is -0.310. The Bertz CT molecular complexity index is 543. The van der Waals surface area contributed by atoms with E-state index in [0.29, 0.717) is 5.56 Å². The first-order chi connectivity index (χ1) is 9.24. The summed E-state index contributed by atoms with van der Waals surface area (Å²) in [5.74, 6) is -1.06. The highest BCUT2D eigenvalue weighted by atomic mass is 32.2. The van der Waals surface area contributed by atoms with E-state index in [-0.39, 0.29) is 12.5 Å². The summed E-state index contributed by atoms with van der Waals surface area (Å²) in [6, 6.07) is 7.66. The number of nitrogens with zero attached hydrogens (tertiary/aromatic N) is 1. The van der Waals surface area contributed by atoms with Gasteiger partial charge in [0.1, 0.15) is 0 Å². The van der Waals surface area contributed by atoms with Gasteiger partial charge >= 0.3 is 5.97 Å². The number of hydrogen-bond acceptors (Lipinski definition) is 3. The van der Waals surface area contributed by atoms with Gasteiger partial charge in [-0.1, -0.05) is 30.3 Å². The highest BCUT2D eigenvalue weighted by Crippen LogP contribution is 2.18. The highest BCUT2D eigenvalue weighted by molar-refractivity contribution is 7.87. The van der Waals surface area contributed by atoms with Crippen LogP contribution < -0.4 is 4.72 Å². The predicted molar refractivity (Wildman–Crippen MR) is 76.4 cm³/mol. The molecule has 0 aromatic heterocycles. The van der Waals surface area contributed by atoms with Crippen molar-refractivity contribution in [1.29, 1.82) is 0 Å². The Morgan fingerprint density at radius 2 is 1.85 bits per heavy atom. The quantitative estimate of drug-likeness (QED) is 0.796. The molecule has 0 heterocycles. The van der Waals surface area contributed by atoms with Crippen molar-refractivity contribution in [3.63, 3.8) is 0 Å². The number of benzene rings is 1. The van der Waals surface area contributed by atoms with Crippen LogP contribution in [0.4, 0.5) is 0 Å². The van der Waals surface area contributed by atoms with Crippen LogP contribution in [0.25, 0.3) is 0 Å². The molecular formula is C13H20N2O4S. The lowest BCUT2D eigenvalue weighted by atomic mass is 10.1. The number of carboxylic acids is 1. The normalized spacial score (nSPS) is 13.7. The molecule has 1 atom stereocenters. The lowest BCUT2D eigenvalue weighted by molar-refractivity contribution is -0.137. The molecule has 1 rings (SSSR count). The summed E-state index contributed by atoms with van der Waals surface area (Å²) in [5, 5.41) is 8.94. The van der Waals surface area contributed by atoms with Crippen LogP contribution in [0.5, 0.6) is 0 Å². The van der Waals surface area contributed by atoms with Crippen molar-refractivity contribution in [3.05, 3.63) is 35.9 Å². The number of nitrogens with one attached hydrogen (secondary N) is 1. The van der Waals surface area contributed by atoms with E-state index >= 15 is 0 Å². The zero-order valence-electron chi connectivity index (χ0n) is 11.8. The van der Waals surface area contributed by atoms with Crippen LogP contribution >= 0.6 is 0 Å². The molecular weight excluding hydrogens is 280 g/mol. The molecule has 0 aliphatic carbocycles. The number of aliphatic carboxylic acids is 1. The summed E-state index contributed by atoms with van der Waals surface area (Å²) in [6.45, 7) is 3.49. The van der Waals surface area contributed by atoms with Crippen LogP contribution in [0.1, 0.15) is 31.9 Å². The van der Waals surface area contributed by atoms with Crippen molar-refractivity contribution in [2.45, 2.75) is 32.4 Å². The van der Waals surface area contributed by atoms with Crippen LogP contribution in [0.3, 0.4) is 0 Å². The molecule has 0 spiro atoms. The Hall–Kier alpha value is -1.44. The Morgan fingerprint density at radius 3 is 2.30 bits per heavy atom. The SMILES string of the molecule is CC(C)N(C)S(=O)(=O)NC(CC(=O)O)c1ccccc1. The average molecular weight is 300 g/mol. The van der Waals surface area contributed by atoms with Gasteiger partial charge in [-0.05, 0) is 19.4 Å². The molecule has 112 valence electrons. The molecule has 0 fully saturated rings. The van der Waals surface area contributed by atoms with E-state index in [9.17, 15) is 13.2 Å². The Labute approximate surface area is 119 Å². The fraction of sp³-hybridized carbons (Fsp3) is 0.462. The monoisotopic (exact) mass is 300 g/mol. The van der Waals surface area contributed by atoms with Gasteiger partial charge in [-0.2, -0.15) is 17.4 Å². The van der Waals surface area contributed by atoms with Gasteiger partial charge in [0.15, 0.2) is 0 Å². The minimum absolute atomic E-state index is 0.214. The van der Waals surface area contributed by atoms with E-state index < -0.39 is 22.2 Å². The molecule has 0 aliphatic heterocycles. The number of carbonyl (C=O) groups is 1. The second-order valence-electron chi connectivity index (χ2n) is 4.79. The molecule has 0 aliphatic rings. The average Bonchev–Trinajstić information content (AvgIpc) is 2.37. The summed E-state index contributed by atoms with van der Waals surface area (Å²) in [7, 11) is -2.28. The van der Waals surface area contributed by atoms with E-state index in [1.165, 1.54) is 11.4 Å². The lowest BCUT2D eigenvalue weighted by Crippen LogP contribution is -2.43. The van der Waals surface area contributed by atoms with E-state index in [1.807, 2.05) is 0 Å². The van der Waals surface area contributed by atoms with Gasteiger partial charge in [0.05, 0.1) is 12.5 Å². The van der Waals surface area contributed by atoms with Crippen LogP contribution in [0.15, 0.2) is 30.3 Å². The molecule has 1 aromatic rings. The topological polar surface area (TPSA) is 86.7 Å². The van der Waals surface area contributed by atoms with Gasteiger partial charge in [-0.25, -0.2) is 0 Å². The van der Waals surface area contributed by atoms with E-state index in [4.69, 9.17) is 5.11 Å². The van der Waals surface area contributed by atoms with Crippen molar-refractivity contribution in [1.82, 2.24) is 9.03 Å². The summed E-state index contributed by atoms with van der Waals surface area (Å²) < 4.78 is 27.9. The van der Waals surface area contributed by atoms with Crippen LogP contribution in [-0.4, -0.2) is 36.9 Å². The first-order valence-electron chi connectivity index (χ1n) is 6.26. The molecule has 2 N–H and O–H groups in total. The van der Waals surface area contributed by atoms with Crippen molar-refractivity contribution < 1.29 is 18.3 Å². The van der Waals surface area contributed by atoms with Crippen molar-refractivity contribution >= 4 is 16.2 Å². The molecule has 7 heteroatoms. The summed E-state index contributed by atoms with van der Waals surface area (Å²) in [5.41, 5.74) is 0.621. The molecule has 6 nitrogen and oxygen atoms in total.